The monoisotopic (exact) mass is 754 g/mol. The summed E-state index contributed by atoms with van der Waals surface area (Å²) in [5.41, 5.74) is 4.71. The van der Waals surface area contributed by atoms with Crippen molar-refractivity contribution in [2.24, 2.45) is 0 Å². The Hall–Kier alpha value is -7.72. The fourth-order valence-electron chi connectivity index (χ4n) is 8.59. The first-order valence-corrected chi connectivity index (χ1v) is 19.3. The molecule has 0 aliphatic rings. The number of carbonyl (C=O) groups excluding carboxylic acids is 2. The predicted molar refractivity (Wildman–Crippen MR) is 227 cm³/mol. The Bertz CT molecular complexity index is 3110. The van der Waals surface area contributed by atoms with E-state index in [1.165, 1.54) is 10.8 Å². The van der Waals surface area contributed by atoms with E-state index in [2.05, 4.69) is 110 Å². The molecule has 9 aromatic carbocycles. The predicted octanol–water partition coefficient (Wildman–Crippen LogP) is 8.62. The maximum atomic E-state index is 13.5. The lowest BCUT2D eigenvalue weighted by atomic mass is 9.92. The number of nitrogens with one attached hydrogen (secondary N) is 2. The minimum absolute atomic E-state index is 0.150. The third-order valence-electron chi connectivity index (χ3n) is 11.3. The molecule has 2 N–H and O–H groups in total. The van der Waals surface area contributed by atoms with Crippen molar-refractivity contribution >= 4 is 76.4 Å². The summed E-state index contributed by atoms with van der Waals surface area (Å²) in [7, 11) is 0. The van der Waals surface area contributed by atoms with E-state index >= 15 is 0 Å². The molecule has 278 valence electrons. The Morgan fingerprint density at radius 3 is 1.28 bits per heavy atom. The van der Waals surface area contributed by atoms with Crippen molar-refractivity contribution in [3.05, 3.63) is 179 Å². The SMILES string of the molecule is O=C(NCc1cn(Cc2cccc(Cn3cc(CNC(=O)c4ccc5ccc6cccc7ccc4c5c67)nn3)c2)nn1)c1ccc2ccc3cccc4ccc1c2c34. The molecule has 0 radical (unpaired) electrons. The third kappa shape index (κ3) is 5.81. The summed E-state index contributed by atoms with van der Waals surface area (Å²) in [6.45, 7) is 1.55. The van der Waals surface area contributed by atoms with Gasteiger partial charge in [-0.05, 0) is 87.9 Å². The van der Waals surface area contributed by atoms with Crippen LogP contribution in [0.3, 0.4) is 0 Å². The second kappa shape index (κ2) is 13.5. The molecule has 0 saturated carbocycles. The van der Waals surface area contributed by atoms with Gasteiger partial charge in [0.1, 0.15) is 11.4 Å². The average Bonchev–Trinajstić information content (AvgIpc) is 3.92. The smallest absolute Gasteiger partial charge is 0.252 e. The number of hydrogen-bond acceptors (Lipinski definition) is 6. The van der Waals surface area contributed by atoms with Crippen molar-refractivity contribution in [3.8, 4) is 0 Å². The molecule has 0 bridgehead atoms. The zero-order valence-corrected chi connectivity index (χ0v) is 31.2. The molecule has 0 atom stereocenters. The van der Waals surface area contributed by atoms with Gasteiger partial charge in [0.25, 0.3) is 11.8 Å². The molecule has 2 aromatic heterocycles. The van der Waals surface area contributed by atoms with Gasteiger partial charge in [0, 0.05) is 11.1 Å². The number of aromatic nitrogens is 6. The van der Waals surface area contributed by atoms with Crippen LogP contribution in [0, 0.1) is 0 Å². The van der Waals surface area contributed by atoms with Gasteiger partial charge in [-0.3, -0.25) is 9.59 Å². The zero-order valence-electron chi connectivity index (χ0n) is 31.2. The molecule has 0 spiro atoms. The normalized spacial score (nSPS) is 11.9. The summed E-state index contributed by atoms with van der Waals surface area (Å²) in [5, 5.41) is 36.8. The average molecular weight is 755 g/mol. The second-order valence-electron chi connectivity index (χ2n) is 14.9. The summed E-state index contributed by atoms with van der Waals surface area (Å²) in [6, 6.07) is 45.4. The molecular weight excluding hydrogens is 721 g/mol. The van der Waals surface area contributed by atoms with Crippen LogP contribution in [-0.4, -0.2) is 41.8 Å². The van der Waals surface area contributed by atoms with E-state index in [4.69, 9.17) is 0 Å². The van der Waals surface area contributed by atoms with Crippen LogP contribution in [0.4, 0.5) is 0 Å². The lowest BCUT2D eigenvalue weighted by Crippen LogP contribution is -2.23. The van der Waals surface area contributed by atoms with Gasteiger partial charge in [-0.25, -0.2) is 9.36 Å². The topological polar surface area (TPSA) is 120 Å². The molecular formula is C48H34N8O2. The van der Waals surface area contributed by atoms with Crippen LogP contribution in [0.5, 0.6) is 0 Å². The first kappa shape index (κ1) is 33.6. The number of hydrogen-bond donors (Lipinski definition) is 2. The summed E-state index contributed by atoms with van der Waals surface area (Å²) in [6.07, 6.45) is 3.72. The van der Waals surface area contributed by atoms with Crippen LogP contribution in [0.1, 0.15) is 43.2 Å². The molecule has 10 nitrogen and oxygen atoms in total. The Balaban J connectivity index is 0.724. The fraction of sp³-hybridized carbons (Fsp3) is 0.0833. The maximum absolute atomic E-state index is 13.5. The zero-order chi connectivity index (χ0) is 38.7. The van der Waals surface area contributed by atoms with Gasteiger partial charge in [0.05, 0.1) is 38.6 Å². The van der Waals surface area contributed by atoms with Gasteiger partial charge in [0.2, 0.25) is 0 Å². The standard InChI is InChI=1S/C48H34N8O2/c57-47(41-20-16-35-12-10-31-6-2-8-33-14-18-39(41)45(35)43(31)33)49-23-37-27-55(53-51-37)25-29-4-1-5-30(22-29)26-56-28-38(52-54-56)24-50-48(58)42-21-17-36-13-11-32-7-3-9-34-15-19-40(42)46(36)44(32)34/h1-22,27-28H,23-26H2,(H,49,57)(H,50,58). The van der Waals surface area contributed by atoms with E-state index in [1.54, 1.807) is 9.36 Å². The van der Waals surface area contributed by atoms with Crippen LogP contribution in [0.25, 0.3) is 64.6 Å². The molecule has 0 aliphatic carbocycles. The summed E-state index contributed by atoms with van der Waals surface area (Å²) >= 11 is 0. The van der Waals surface area contributed by atoms with Crippen molar-refractivity contribution < 1.29 is 9.59 Å². The van der Waals surface area contributed by atoms with Crippen molar-refractivity contribution in [1.29, 1.82) is 0 Å². The van der Waals surface area contributed by atoms with Gasteiger partial charge in [-0.1, -0.05) is 132 Å². The highest BCUT2D eigenvalue weighted by atomic mass is 16.2. The Morgan fingerprint density at radius 2 is 0.828 bits per heavy atom. The van der Waals surface area contributed by atoms with E-state index in [1.807, 2.05) is 67.0 Å². The van der Waals surface area contributed by atoms with E-state index in [0.717, 1.165) is 65.0 Å². The van der Waals surface area contributed by atoms with Crippen molar-refractivity contribution in [2.45, 2.75) is 26.2 Å². The van der Waals surface area contributed by atoms with E-state index in [0.29, 0.717) is 35.6 Å². The Labute approximate surface area is 331 Å². The molecule has 10 heteroatoms. The fourth-order valence-corrected chi connectivity index (χ4v) is 8.59. The van der Waals surface area contributed by atoms with E-state index in [9.17, 15) is 9.59 Å². The van der Waals surface area contributed by atoms with Gasteiger partial charge < -0.3 is 10.6 Å². The molecule has 0 aliphatic heterocycles. The molecule has 2 heterocycles. The van der Waals surface area contributed by atoms with Crippen LogP contribution in [-0.2, 0) is 26.2 Å². The van der Waals surface area contributed by atoms with Crippen LogP contribution in [0.15, 0.2) is 146 Å². The highest BCUT2D eigenvalue weighted by Gasteiger charge is 2.17. The summed E-state index contributed by atoms with van der Waals surface area (Å²) in [4.78, 5) is 27.0. The summed E-state index contributed by atoms with van der Waals surface area (Å²) < 4.78 is 3.54. The second-order valence-corrected chi connectivity index (χ2v) is 14.9. The van der Waals surface area contributed by atoms with Crippen LogP contribution >= 0.6 is 0 Å². The first-order valence-electron chi connectivity index (χ1n) is 19.3. The van der Waals surface area contributed by atoms with Gasteiger partial charge in [-0.2, -0.15) is 0 Å². The van der Waals surface area contributed by atoms with Gasteiger partial charge in [0.15, 0.2) is 0 Å². The molecule has 11 aromatic rings. The van der Waals surface area contributed by atoms with Crippen molar-refractivity contribution in [2.75, 3.05) is 0 Å². The number of rotatable bonds is 10. The number of carbonyl (C=O) groups is 2. The molecule has 2 amide bonds. The van der Waals surface area contributed by atoms with Gasteiger partial charge in [-0.15, -0.1) is 10.2 Å². The number of benzene rings is 9. The number of nitrogens with zero attached hydrogens (tertiary/aromatic N) is 6. The van der Waals surface area contributed by atoms with E-state index in [-0.39, 0.29) is 24.9 Å². The maximum Gasteiger partial charge on any atom is 0.252 e. The lowest BCUT2D eigenvalue weighted by molar-refractivity contribution is 0.0944. The quantitative estimate of drug-likeness (QED) is 0.135. The Kier molecular flexibility index (Phi) is 7.82. The third-order valence-corrected chi connectivity index (χ3v) is 11.3. The highest BCUT2D eigenvalue weighted by molar-refractivity contribution is 6.27. The Morgan fingerprint density at radius 1 is 0.448 bits per heavy atom. The van der Waals surface area contributed by atoms with Crippen molar-refractivity contribution in [3.63, 3.8) is 0 Å². The summed E-state index contributed by atoms with van der Waals surface area (Å²) in [5.74, 6) is -0.301. The minimum atomic E-state index is -0.150. The molecule has 0 fully saturated rings. The van der Waals surface area contributed by atoms with Crippen LogP contribution in [0.2, 0.25) is 0 Å². The number of amides is 2. The molecule has 0 unspecified atom stereocenters. The van der Waals surface area contributed by atoms with E-state index < -0.39 is 0 Å². The van der Waals surface area contributed by atoms with Crippen LogP contribution < -0.4 is 10.6 Å². The van der Waals surface area contributed by atoms with Gasteiger partial charge >= 0.3 is 0 Å². The highest BCUT2D eigenvalue weighted by Crippen LogP contribution is 2.37. The lowest BCUT2D eigenvalue weighted by Gasteiger charge is -2.13. The molecule has 0 saturated heterocycles. The largest absolute Gasteiger partial charge is 0.346 e. The molecule has 58 heavy (non-hydrogen) atoms. The minimum Gasteiger partial charge on any atom is -0.346 e. The van der Waals surface area contributed by atoms with Crippen molar-refractivity contribution in [1.82, 2.24) is 40.6 Å². The molecule has 11 rings (SSSR count). The first-order chi connectivity index (χ1) is 28.5.